The number of rotatable bonds is 7. The fraction of sp³-hybridized carbons (Fsp3) is 0.214. The second kappa shape index (κ2) is 10.7. The van der Waals surface area contributed by atoms with Gasteiger partial charge < -0.3 is 10.1 Å². The minimum Gasteiger partial charge on any atom is -0.457 e. The lowest BCUT2D eigenvalue weighted by Gasteiger charge is -2.33. The number of amides is 2. The molecule has 4 aromatic rings. The Labute approximate surface area is 214 Å². The second-order valence-corrected chi connectivity index (χ2v) is 10.3. The Kier molecular flexibility index (Phi) is 7.45. The van der Waals surface area contributed by atoms with E-state index >= 15 is 0 Å². The summed E-state index contributed by atoms with van der Waals surface area (Å²) in [7, 11) is 0. The minimum absolute atomic E-state index is 0.312. The molecule has 0 spiro atoms. The first-order valence-electron chi connectivity index (χ1n) is 11.5. The van der Waals surface area contributed by atoms with Crippen LogP contribution in [-0.4, -0.2) is 27.3 Å². The van der Waals surface area contributed by atoms with Gasteiger partial charge in [-0.25, -0.2) is 0 Å². The lowest BCUT2D eigenvalue weighted by Crippen LogP contribution is -2.49. The zero-order valence-electron chi connectivity index (χ0n) is 20.6. The van der Waals surface area contributed by atoms with Gasteiger partial charge in [0, 0.05) is 29.2 Å². The van der Waals surface area contributed by atoms with Gasteiger partial charge in [-0.1, -0.05) is 23.8 Å². The summed E-state index contributed by atoms with van der Waals surface area (Å²) in [4.78, 5) is 37.6. The number of benzene rings is 2. The number of nitrogens with one attached hydrogen (secondary N) is 1. The highest BCUT2D eigenvalue weighted by Crippen LogP contribution is 2.33. The average molecular weight is 501 g/mol. The van der Waals surface area contributed by atoms with Crippen molar-refractivity contribution in [1.29, 1.82) is 0 Å². The van der Waals surface area contributed by atoms with E-state index in [1.54, 1.807) is 54.3 Å². The van der Waals surface area contributed by atoms with Gasteiger partial charge in [-0.05, 0) is 70.2 Å². The molecule has 0 radical (unpaired) electrons. The Bertz CT molecular complexity index is 1300. The monoisotopic (exact) mass is 500 g/mol. The number of carbonyl (C=O) groups excluding carboxylic acids is 2. The van der Waals surface area contributed by atoms with Crippen molar-refractivity contribution >= 4 is 28.8 Å². The minimum atomic E-state index is -0.948. The molecular weight excluding hydrogens is 472 g/mol. The van der Waals surface area contributed by atoms with Gasteiger partial charge in [0.2, 0.25) is 5.91 Å². The summed E-state index contributed by atoms with van der Waals surface area (Å²) in [6, 6.07) is 17.5. The Hall–Kier alpha value is -4.04. The Morgan fingerprint density at radius 1 is 0.944 bits per heavy atom. The van der Waals surface area contributed by atoms with Gasteiger partial charge in [-0.3, -0.25) is 24.5 Å². The molecule has 1 unspecified atom stereocenters. The van der Waals surface area contributed by atoms with E-state index in [9.17, 15) is 9.59 Å². The van der Waals surface area contributed by atoms with Gasteiger partial charge in [0.05, 0.1) is 11.7 Å². The number of aromatic nitrogens is 2. The van der Waals surface area contributed by atoms with E-state index in [0.29, 0.717) is 27.6 Å². The number of nitrogens with zero attached hydrogens (tertiary/aromatic N) is 3. The molecule has 0 saturated heterocycles. The average Bonchev–Trinajstić information content (AvgIpc) is 3.39. The van der Waals surface area contributed by atoms with Crippen LogP contribution in [0.3, 0.4) is 0 Å². The van der Waals surface area contributed by atoms with E-state index in [0.717, 1.165) is 5.56 Å². The molecule has 4 rings (SSSR count). The highest BCUT2D eigenvalue weighted by Gasteiger charge is 2.35. The summed E-state index contributed by atoms with van der Waals surface area (Å²) in [5, 5.41) is 3.02. The van der Waals surface area contributed by atoms with Crippen molar-refractivity contribution in [3.8, 4) is 11.5 Å². The first kappa shape index (κ1) is 25.1. The third-order valence-electron chi connectivity index (χ3n) is 5.24. The molecule has 2 aromatic heterocycles. The lowest BCUT2D eigenvalue weighted by molar-refractivity contribution is -0.123. The summed E-state index contributed by atoms with van der Waals surface area (Å²) in [5.41, 5.74) is 3.38. The Morgan fingerprint density at radius 2 is 1.61 bits per heavy atom. The van der Waals surface area contributed by atoms with Crippen LogP contribution in [0.5, 0.6) is 11.5 Å². The molecule has 0 fully saturated rings. The number of aryl methyl sites for hydroxylation is 1. The highest BCUT2D eigenvalue weighted by molar-refractivity contribution is 7.11. The van der Waals surface area contributed by atoms with Crippen LogP contribution in [0.1, 0.15) is 47.6 Å². The molecule has 8 heteroatoms. The van der Waals surface area contributed by atoms with E-state index in [2.05, 4.69) is 15.3 Å². The van der Waals surface area contributed by atoms with Crippen molar-refractivity contribution in [3.63, 3.8) is 0 Å². The molecule has 1 N–H and O–H groups in total. The number of hydrogen-bond acceptors (Lipinski definition) is 6. The smallest absolute Gasteiger partial charge is 0.271 e. The van der Waals surface area contributed by atoms with Gasteiger partial charge in [-0.15, -0.1) is 11.3 Å². The third-order valence-corrected chi connectivity index (χ3v) is 6.00. The molecular formula is C28H28N4O3S. The van der Waals surface area contributed by atoms with Gasteiger partial charge >= 0.3 is 0 Å². The fourth-order valence-corrected chi connectivity index (χ4v) is 4.19. The first-order chi connectivity index (χ1) is 17.2. The fourth-order valence-electron chi connectivity index (χ4n) is 3.63. The number of anilines is 1. The summed E-state index contributed by atoms with van der Waals surface area (Å²) >= 11 is 1.22. The van der Waals surface area contributed by atoms with E-state index in [4.69, 9.17) is 4.74 Å². The maximum Gasteiger partial charge on any atom is 0.271 e. The van der Waals surface area contributed by atoms with Crippen molar-refractivity contribution in [1.82, 2.24) is 15.3 Å². The van der Waals surface area contributed by atoms with Crippen molar-refractivity contribution < 1.29 is 14.3 Å². The largest absolute Gasteiger partial charge is 0.457 e. The maximum atomic E-state index is 13.8. The van der Waals surface area contributed by atoms with Crippen LogP contribution in [0.4, 0.5) is 5.69 Å². The van der Waals surface area contributed by atoms with E-state index in [1.807, 2.05) is 52.0 Å². The lowest BCUT2D eigenvalue weighted by atomic mass is 10.0. The third kappa shape index (κ3) is 6.14. The molecule has 0 aliphatic rings. The number of carbonyl (C=O) groups is 2. The zero-order chi connectivity index (χ0) is 25.7. The van der Waals surface area contributed by atoms with Crippen LogP contribution >= 0.6 is 11.3 Å². The Balaban J connectivity index is 1.74. The van der Waals surface area contributed by atoms with Crippen molar-refractivity contribution in [3.05, 3.63) is 101 Å². The van der Waals surface area contributed by atoms with Crippen LogP contribution in [0.25, 0.3) is 0 Å². The van der Waals surface area contributed by atoms with Gasteiger partial charge in [0.25, 0.3) is 5.91 Å². The predicted octanol–water partition coefficient (Wildman–Crippen LogP) is 5.94. The number of pyridine rings is 1. The molecule has 0 saturated carbocycles. The molecule has 2 amide bonds. The van der Waals surface area contributed by atoms with E-state index in [-0.39, 0.29) is 11.8 Å². The number of thiazole rings is 1. The normalized spacial score (nSPS) is 12.0. The maximum absolute atomic E-state index is 13.8. The van der Waals surface area contributed by atoms with Crippen LogP contribution < -0.4 is 15.0 Å². The highest BCUT2D eigenvalue weighted by atomic mass is 32.1. The van der Waals surface area contributed by atoms with Crippen LogP contribution in [-0.2, 0) is 4.79 Å². The predicted molar refractivity (Wildman–Crippen MR) is 141 cm³/mol. The van der Waals surface area contributed by atoms with E-state index in [1.165, 1.54) is 22.4 Å². The zero-order valence-corrected chi connectivity index (χ0v) is 21.5. The summed E-state index contributed by atoms with van der Waals surface area (Å²) in [6.45, 7) is 7.72. The molecule has 184 valence electrons. The van der Waals surface area contributed by atoms with Gasteiger partial charge in [-0.2, -0.15) is 0 Å². The quantitative estimate of drug-likeness (QED) is 0.339. The molecule has 7 nitrogen and oxygen atoms in total. The van der Waals surface area contributed by atoms with Crippen LogP contribution in [0.15, 0.2) is 84.8 Å². The number of hydrogen-bond donors (Lipinski definition) is 1. The molecule has 0 aliphatic carbocycles. The molecule has 1 atom stereocenters. The van der Waals surface area contributed by atoms with Gasteiger partial charge in [0.15, 0.2) is 0 Å². The standard InChI is InChI=1S/C28H28N4O3S/c1-19-7-11-22(12-8-19)35-23-13-9-21(10-14-23)32(27(34)24-17-30-18-36-24)25(20-6-5-15-29-16-20)26(33)31-28(2,3)4/h5-18,25H,1-4H3,(H,31,33). The van der Waals surface area contributed by atoms with Crippen LogP contribution in [0.2, 0.25) is 0 Å². The van der Waals surface area contributed by atoms with E-state index < -0.39 is 11.6 Å². The molecule has 2 heterocycles. The number of ether oxygens (including phenoxy) is 1. The topological polar surface area (TPSA) is 84.4 Å². The summed E-state index contributed by atoms with van der Waals surface area (Å²) < 4.78 is 5.96. The summed E-state index contributed by atoms with van der Waals surface area (Å²) in [6.07, 6.45) is 4.75. The first-order valence-corrected chi connectivity index (χ1v) is 12.4. The molecule has 2 aromatic carbocycles. The molecule has 0 aliphatic heterocycles. The van der Waals surface area contributed by atoms with Crippen LogP contribution in [0, 0.1) is 6.92 Å². The SMILES string of the molecule is Cc1ccc(Oc2ccc(N(C(=O)c3cncs3)C(C(=O)NC(C)(C)C)c3cccnc3)cc2)cc1. The molecule has 0 bridgehead atoms. The van der Waals surface area contributed by atoms with Crippen molar-refractivity contribution in [2.24, 2.45) is 0 Å². The Morgan fingerprint density at radius 3 is 2.17 bits per heavy atom. The van der Waals surface area contributed by atoms with Crippen molar-refractivity contribution in [2.45, 2.75) is 39.3 Å². The second-order valence-electron chi connectivity index (χ2n) is 9.38. The summed E-state index contributed by atoms with van der Waals surface area (Å²) in [5.74, 6) is 0.685. The van der Waals surface area contributed by atoms with Gasteiger partial charge in [0.1, 0.15) is 22.4 Å². The van der Waals surface area contributed by atoms with Crippen molar-refractivity contribution in [2.75, 3.05) is 4.90 Å². The molecule has 36 heavy (non-hydrogen) atoms.